The summed E-state index contributed by atoms with van der Waals surface area (Å²) >= 11 is 0. The average Bonchev–Trinajstić information content (AvgIpc) is 2.85. The molecule has 1 unspecified atom stereocenters. The predicted molar refractivity (Wildman–Crippen MR) is 110 cm³/mol. The van der Waals surface area contributed by atoms with Crippen molar-refractivity contribution in [2.75, 3.05) is 18.0 Å². The number of aryl methyl sites for hydroxylation is 1. The number of hydrogen-bond donors (Lipinski definition) is 1. The minimum absolute atomic E-state index is 0.0524. The lowest BCUT2D eigenvalue weighted by atomic mass is 10.0. The molecule has 8 heteroatoms. The molecule has 1 aliphatic heterocycles. The molecule has 1 heterocycles. The molecule has 0 spiro atoms. The van der Waals surface area contributed by atoms with Crippen LogP contribution in [0.25, 0.3) is 0 Å². The van der Waals surface area contributed by atoms with Gasteiger partial charge >= 0.3 is 0 Å². The van der Waals surface area contributed by atoms with Crippen molar-refractivity contribution in [1.29, 1.82) is 0 Å². The van der Waals surface area contributed by atoms with Gasteiger partial charge in [0.05, 0.1) is 23.7 Å². The topological polar surface area (TPSA) is 92.8 Å². The van der Waals surface area contributed by atoms with Crippen LogP contribution >= 0.6 is 0 Å². The number of rotatable bonds is 5. The lowest BCUT2D eigenvalue weighted by molar-refractivity contribution is -0.121. The fraction of sp³-hybridized carbons (Fsp3) is 0.333. The zero-order valence-corrected chi connectivity index (χ0v) is 17.5. The quantitative estimate of drug-likeness (QED) is 0.809. The highest BCUT2D eigenvalue weighted by molar-refractivity contribution is 7.92. The Hall–Kier alpha value is -2.87. The highest BCUT2D eigenvalue weighted by Crippen LogP contribution is 2.34. The van der Waals surface area contributed by atoms with E-state index in [1.807, 2.05) is 6.92 Å². The van der Waals surface area contributed by atoms with E-state index in [1.165, 1.54) is 11.4 Å². The van der Waals surface area contributed by atoms with E-state index in [1.54, 1.807) is 49.4 Å². The first-order valence-corrected chi connectivity index (χ1v) is 10.8. The summed E-state index contributed by atoms with van der Waals surface area (Å²) in [5, 5.41) is 2.71. The number of benzene rings is 2. The minimum atomic E-state index is -3.91. The second-order valence-electron chi connectivity index (χ2n) is 6.90. The summed E-state index contributed by atoms with van der Waals surface area (Å²) in [5.41, 5.74) is 1.43. The van der Waals surface area contributed by atoms with Crippen LogP contribution in [0.1, 0.15) is 35.7 Å². The zero-order valence-electron chi connectivity index (χ0n) is 16.6. The molecule has 0 aromatic heterocycles. The van der Waals surface area contributed by atoms with E-state index in [2.05, 4.69) is 5.32 Å². The average molecular weight is 416 g/mol. The molecule has 1 atom stereocenters. The monoisotopic (exact) mass is 416 g/mol. The molecule has 0 bridgehead atoms. The molecule has 0 aliphatic carbocycles. The van der Waals surface area contributed by atoms with Gasteiger partial charge in [-0.2, -0.15) is 0 Å². The summed E-state index contributed by atoms with van der Waals surface area (Å²) in [6.07, 6.45) is 0.414. The maximum atomic E-state index is 13.4. The molecule has 1 aliphatic rings. The van der Waals surface area contributed by atoms with Gasteiger partial charge in [-0.1, -0.05) is 24.6 Å². The van der Waals surface area contributed by atoms with E-state index in [-0.39, 0.29) is 47.2 Å². The van der Waals surface area contributed by atoms with Crippen LogP contribution in [-0.4, -0.2) is 39.8 Å². The van der Waals surface area contributed by atoms with Crippen molar-refractivity contribution in [2.24, 2.45) is 0 Å². The van der Waals surface area contributed by atoms with Gasteiger partial charge in [-0.15, -0.1) is 0 Å². The van der Waals surface area contributed by atoms with E-state index in [0.717, 1.165) is 5.56 Å². The van der Waals surface area contributed by atoms with Crippen LogP contribution in [0.5, 0.6) is 5.75 Å². The zero-order chi connectivity index (χ0) is 21.2. The van der Waals surface area contributed by atoms with Gasteiger partial charge in [0.15, 0.2) is 5.78 Å². The third kappa shape index (κ3) is 4.12. The third-order valence-electron chi connectivity index (χ3n) is 4.94. The fourth-order valence-corrected chi connectivity index (χ4v) is 4.75. The Bertz CT molecular complexity index is 1030. The molecule has 0 saturated heterocycles. The van der Waals surface area contributed by atoms with Gasteiger partial charge in [0.25, 0.3) is 10.0 Å². The van der Waals surface area contributed by atoms with Gasteiger partial charge in [0.2, 0.25) is 5.91 Å². The normalized spacial score (nSPS) is 16.7. The van der Waals surface area contributed by atoms with E-state index in [0.29, 0.717) is 5.75 Å². The molecule has 0 saturated carbocycles. The number of methoxy groups -OCH3 is 1. The predicted octanol–water partition coefficient (Wildman–Crippen LogP) is 2.68. The molecule has 1 N–H and O–H groups in total. The Labute approximate surface area is 170 Å². The van der Waals surface area contributed by atoms with Crippen molar-refractivity contribution in [3.63, 3.8) is 0 Å². The Balaban J connectivity index is 2.11. The van der Waals surface area contributed by atoms with Gasteiger partial charge in [-0.3, -0.25) is 13.9 Å². The maximum absolute atomic E-state index is 13.4. The molecule has 0 radical (unpaired) electrons. The van der Waals surface area contributed by atoms with E-state index in [4.69, 9.17) is 4.74 Å². The molecule has 29 heavy (non-hydrogen) atoms. The smallest absolute Gasteiger partial charge is 0.264 e. The second kappa shape index (κ2) is 8.24. The van der Waals surface area contributed by atoms with E-state index >= 15 is 0 Å². The van der Waals surface area contributed by atoms with Gasteiger partial charge in [-0.25, -0.2) is 8.42 Å². The molecule has 2 aromatic rings. The Morgan fingerprint density at radius 3 is 2.52 bits per heavy atom. The summed E-state index contributed by atoms with van der Waals surface area (Å²) in [7, 11) is -2.43. The van der Waals surface area contributed by atoms with Crippen LogP contribution in [0.4, 0.5) is 5.69 Å². The highest BCUT2D eigenvalue weighted by Gasteiger charge is 2.35. The molecule has 7 nitrogen and oxygen atoms in total. The van der Waals surface area contributed by atoms with Crippen molar-refractivity contribution in [3.8, 4) is 5.75 Å². The number of nitrogens with one attached hydrogen (secondary N) is 1. The number of anilines is 1. The van der Waals surface area contributed by atoms with E-state index < -0.39 is 16.1 Å². The van der Waals surface area contributed by atoms with Crippen molar-refractivity contribution >= 4 is 27.4 Å². The summed E-state index contributed by atoms with van der Waals surface area (Å²) in [6, 6.07) is 10.5. The van der Waals surface area contributed by atoms with Crippen LogP contribution in [0.3, 0.4) is 0 Å². The number of ether oxygens (including phenoxy) is 1. The Kier molecular flexibility index (Phi) is 5.93. The van der Waals surface area contributed by atoms with Gasteiger partial charge in [0.1, 0.15) is 5.75 Å². The van der Waals surface area contributed by atoms with Crippen molar-refractivity contribution in [3.05, 3.63) is 53.6 Å². The molecule has 154 valence electrons. The lowest BCUT2D eigenvalue weighted by Gasteiger charge is -2.24. The lowest BCUT2D eigenvalue weighted by Crippen LogP contribution is -2.41. The molecule has 1 amide bonds. The molecule has 0 fully saturated rings. The van der Waals surface area contributed by atoms with Crippen molar-refractivity contribution in [1.82, 2.24) is 5.32 Å². The summed E-state index contributed by atoms with van der Waals surface area (Å²) < 4.78 is 33.3. The SMILES string of the molecule is CCC(=O)NC1CCN(S(=O)(=O)c2ccc(C)cc2)c2cc(OC)ccc2C1=O. The summed E-state index contributed by atoms with van der Waals surface area (Å²) in [4.78, 5) is 25.1. The number of hydrogen-bond acceptors (Lipinski definition) is 5. The van der Waals surface area contributed by atoms with Gasteiger partial charge in [0, 0.05) is 24.6 Å². The first-order chi connectivity index (χ1) is 13.8. The van der Waals surface area contributed by atoms with Crippen molar-refractivity contribution in [2.45, 2.75) is 37.6 Å². The number of amides is 1. The van der Waals surface area contributed by atoms with Crippen LogP contribution in [0, 0.1) is 6.92 Å². The number of carbonyl (C=O) groups excluding carboxylic acids is 2. The second-order valence-corrected chi connectivity index (χ2v) is 8.76. The molecular weight excluding hydrogens is 392 g/mol. The molecule has 3 rings (SSSR count). The third-order valence-corrected chi connectivity index (χ3v) is 6.77. The van der Waals surface area contributed by atoms with Gasteiger partial charge in [-0.05, 0) is 37.6 Å². The van der Waals surface area contributed by atoms with Crippen molar-refractivity contribution < 1.29 is 22.7 Å². The first kappa shape index (κ1) is 20.9. The number of Topliss-reactive ketones (excluding diaryl/α,β-unsaturated/α-hetero) is 1. The fourth-order valence-electron chi connectivity index (χ4n) is 3.26. The van der Waals surface area contributed by atoms with Crippen LogP contribution in [0.2, 0.25) is 0 Å². The van der Waals surface area contributed by atoms with Crippen LogP contribution < -0.4 is 14.4 Å². The molecule has 2 aromatic carbocycles. The largest absolute Gasteiger partial charge is 0.497 e. The van der Waals surface area contributed by atoms with Crippen LogP contribution in [0.15, 0.2) is 47.4 Å². The summed E-state index contributed by atoms with van der Waals surface area (Å²) in [6.45, 7) is 3.63. The van der Waals surface area contributed by atoms with Crippen LogP contribution in [-0.2, 0) is 14.8 Å². The first-order valence-electron chi connectivity index (χ1n) is 9.39. The number of carbonyl (C=O) groups is 2. The van der Waals surface area contributed by atoms with E-state index in [9.17, 15) is 18.0 Å². The summed E-state index contributed by atoms with van der Waals surface area (Å²) in [5.74, 6) is -0.129. The Morgan fingerprint density at radius 1 is 1.21 bits per heavy atom. The minimum Gasteiger partial charge on any atom is -0.497 e. The number of sulfonamides is 1. The van der Waals surface area contributed by atoms with Gasteiger partial charge < -0.3 is 10.1 Å². The maximum Gasteiger partial charge on any atom is 0.264 e. The molecular formula is C21H24N2O5S. The Morgan fingerprint density at radius 2 is 1.90 bits per heavy atom. The highest BCUT2D eigenvalue weighted by atomic mass is 32.2. The number of nitrogens with zero attached hydrogens (tertiary/aromatic N) is 1. The standard InChI is InChI=1S/C21H24N2O5S/c1-4-20(24)22-18-11-12-23(29(26,27)16-8-5-14(2)6-9-16)19-13-15(28-3)7-10-17(19)21(18)25/h5-10,13,18H,4,11-12H2,1-3H3,(H,22,24). The number of fused-ring (bicyclic) bond motifs is 1. The number of ketones is 1.